The molecular formula is C27H26N2OS. The third kappa shape index (κ3) is 4.45. The zero-order valence-electron chi connectivity index (χ0n) is 17.5. The van der Waals surface area contributed by atoms with Crippen molar-refractivity contribution in [1.82, 2.24) is 5.32 Å². The van der Waals surface area contributed by atoms with Gasteiger partial charge >= 0.3 is 0 Å². The molecule has 31 heavy (non-hydrogen) atoms. The van der Waals surface area contributed by atoms with E-state index in [-0.39, 0.29) is 5.91 Å². The number of hydrogen-bond acceptors (Lipinski definition) is 3. The number of carbonyl (C=O) groups excluding carboxylic acids is 1. The first kappa shape index (κ1) is 20.1. The maximum absolute atomic E-state index is 12.8. The van der Waals surface area contributed by atoms with Crippen LogP contribution in [0.2, 0.25) is 0 Å². The number of fused-ring (bicyclic) bond motifs is 2. The lowest BCUT2D eigenvalue weighted by Crippen LogP contribution is -2.22. The van der Waals surface area contributed by atoms with Crippen LogP contribution in [0.3, 0.4) is 0 Å². The second-order valence-corrected chi connectivity index (χ2v) is 9.36. The van der Waals surface area contributed by atoms with Crippen molar-refractivity contribution >= 4 is 29.1 Å². The van der Waals surface area contributed by atoms with Crippen LogP contribution in [-0.4, -0.2) is 11.6 Å². The zero-order chi connectivity index (χ0) is 21.0. The van der Waals surface area contributed by atoms with Gasteiger partial charge < -0.3 is 5.32 Å². The van der Waals surface area contributed by atoms with Gasteiger partial charge in [0.05, 0.1) is 11.4 Å². The molecule has 1 N–H and O–H groups in total. The summed E-state index contributed by atoms with van der Waals surface area (Å²) < 4.78 is 0. The minimum Gasteiger partial charge on any atom is -0.348 e. The Kier molecular flexibility index (Phi) is 5.90. The van der Waals surface area contributed by atoms with Gasteiger partial charge in [-0.2, -0.15) is 0 Å². The molecule has 3 aromatic rings. The number of nitrogens with zero attached hydrogens (tertiary/aromatic N) is 1. The lowest BCUT2D eigenvalue weighted by Gasteiger charge is -2.24. The quantitative estimate of drug-likeness (QED) is 0.499. The molecule has 2 aliphatic rings. The van der Waals surface area contributed by atoms with Crippen LogP contribution in [0.5, 0.6) is 0 Å². The van der Waals surface area contributed by atoms with Gasteiger partial charge in [0.2, 0.25) is 0 Å². The molecule has 0 aromatic heterocycles. The molecule has 0 radical (unpaired) electrons. The van der Waals surface area contributed by atoms with E-state index in [0.717, 1.165) is 16.1 Å². The zero-order valence-corrected chi connectivity index (χ0v) is 18.3. The van der Waals surface area contributed by atoms with Crippen LogP contribution in [0.4, 0.5) is 5.69 Å². The number of rotatable bonds is 4. The molecule has 0 atom stereocenters. The van der Waals surface area contributed by atoms with Crippen LogP contribution in [0.15, 0.2) is 87.6 Å². The number of amides is 1. The fraction of sp³-hybridized carbons (Fsp3) is 0.259. The molecule has 3 nitrogen and oxygen atoms in total. The molecule has 1 fully saturated rings. The van der Waals surface area contributed by atoms with E-state index >= 15 is 0 Å². The predicted molar refractivity (Wildman–Crippen MR) is 127 cm³/mol. The fourth-order valence-electron chi connectivity index (χ4n) is 4.48. The Morgan fingerprint density at radius 2 is 1.68 bits per heavy atom. The summed E-state index contributed by atoms with van der Waals surface area (Å²) in [4.78, 5) is 20.4. The highest BCUT2D eigenvalue weighted by molar-refractivity contribution is 7.99. The van der Waals surface area contributed by atoms with Crippen LogP contribution in [0.1, 0.15) is 53.6 Å². The van der Waals surface area contributed by atoms with Crippen molar-refractivity contribution in [3.8, 4) is 0 Å². The van der Waals surface area contributed by atoms with Gasteiger partial charge in [-0.25, -0.2) is 0 Å². The maximum atomic E-state index is 12.8. The van der Waals surface area contributed by atoms with Gasteiger partial charge in [-0.3, -0.25) is 9.79 Å². The van der Waals surface area contributed by atoms with Crippen LogP contribution in [0, 0.1) is 5.92 Å². The smallest absolute Gasteiger partial charge is 0.251 e. The highest BCUT2D eigenvalue weighted by Crippen LogP contribution is 2.43. The standard InChI is InChI=1S/C27H26N2OS/c30-27(28-18-19-9-3-1-4-10-19)21-15-16-25-23(17-21)29-26(20-11-5-2-6-12-20)22-13-7-8-14-24(22)31-25/h1,3-4,7-10,13-17,20H,2,5-6,11-12,18H2,(H,28,30). The molecule has 1 aliphatic heterocycles. The number of aliphatic imine (C=N–C) groups is 1. The summed E-state index contributed by atoms with van der Waals surface area (Å²) in [6, 6.07) is 24.5. The summed E-state index contributed by atoms with van der Waals surface area (Å²) >= 11 is 1.76. The summed E-state index contributed by atoms with van der Waals surface area (Å²) in [6.45, 7) is 0.521. The van der Waals surface area contributed by atoms with Crippen LogP contribution in [-0.2, 0) is 6.54 Å². The van der Waals surface area contributed by atoms with Crippen LogP contribution < -0.4 is 5.32 Å². The van der Waals surface area contributed by atoms with Gasteiger partial charge in [-0.15, -0.1) is 0 Å². The van der Waals surface area contributed by atoms with E-state index in [1.54, 1.807) is 11.8 Å². The first-order valence-electron chi connectivity index (χ1n) is 11.1. The van der Waals surface area contributed by atoms with E-state index in [2.05, 4.69) is 29.6 Å². The molecular weight excluding hydrogens is 400 g/mol. The summed E-state index contributed by atoms with van der Waals surface area (Å²) in [5.41, 5.74) is 5.12. The second kappa shape index (κ2) is 9.11. The van der Waals surface area contributed by atoms with Crippen molar-refractivity contribution in [2.45, 2.75) is 48.4 Å². The first-order chi connectivity index (χ1) is 15.3. The average molecular weight is 427 g/mol. The van der Waals surface area contributed by atoms with Crippen molar-refractivity contribution < 1.29 is 4.79 Å². The first-order valence-corrected chi connectivity index (χ1v) is 11.9. The third-order valence-electron chi connectivity index (χ3n) is 6.13. The number of carbonyl (C=O) groups is 1. The van der Waals surface area contributed by atoms with E-state index < -0.39 is 0 Å². The second-order valence-electron chi connectivity index (χ2n) is 8.28. The number of nitrogens with one attached hydrogen (secondary N) is 1. The highest BCUT2D eigenvalue weighted by Gasteiger charge is 2.25. The van der Waals surface area contributed by atoms with Crippen molar-refractivity contribution in [3.63, 3.8) is 0 Å². The SMILES string of the molecule is O=C(NCc1ccccc1)c1ccc2c(c1)N=C(C1CCCCC1)c1ccccc1S2. The fourth-order valence-corrected chi connectivity index (χ4v) is 5.49. The number of hydrogen-bond donors (Lipinski definition) is 1. The minimum absolute atomic E-state index is 0.0622. The van der Waals surface area contributed by atoms with E-state index in [1.165, 1.54) is 48.3 Å². The van der Waals surface area contributed by atoms with E-state index in [9.17, 15) is 4.79 Å². The Morgan fingerprint density at radius 3 is 2.52 bits per heavy atom. The van der Waals surface area contributed by atoms with Crippen LogP contribution in [0.25, 0.3) is 0 Å². The molecule has 1 aliphatic carbocycles. The van der Waals surface area contributed by atoms with Gasteiger partial charge in [0.25, 0.3) is 5.91 Å². The maximum Gasteiger partial charge on any atom is 0.251 e. The predicted octanol–water partition coefficient (Wildman–Crippen LogP) is 6.78. The molecule has 5 rings (SSSR count). The minimum atomic E-state index is -0.0622. The lowest BCUT2D eigenvalue weighted by atomic mass is 9.83. The van der Waals surface area contributed by atoms with Gasteiger partial charge in [0.15, 0.2) is 0 Å². The highest BCUT2D eigenvalue weighted by atomic mass is 32.2. The largest absolute Gasteiger partial charge is 0.348 e. The normalized spacial score (nSPS) is 15.9. The molecule has 1 saturated carbocycles. The van der Waals surface area contributed by atoms with Crippen molar-refractivity contribution in [2.75, 3.05) is 0 Å². The molecule has 0 spiro atoms. The molecule has 156 valence electrons. The summed E-state index contributed by atoms with van der Waals surface area (Å²) in [5.74, 6) is 0.435. The van der Waals surface area contributed by atoms with Gasteiger partial charge in [0, 0.05) is 33.4 Å². The molecule has 3 aromatic carbocycles. The van der Waals surface area contributed by atoms with Crippen LogP contribution >= 0.6 is 11.8 Å². The van der Waals surface area contributed by atoms with Crippen molar-refractivity contribution in [2.24, 2.45) is 10.9 Å². The number of benzene rings is 3. The molecule has 1 amide bonds. The van der Waals surface area contributed by atoms with Gasteiger partial charge in [-0.1, -0.05) is 79.6 Å². The summed E-state index contributed by atoms with van der Waals surface area (Å²) in [5, 5.41) is 3.04. The van der Waals surface area contributed by atoms with Gasteiger partial charge in [-0.05, 0) is 42.7 Å². The Balaban J connectivity index is 1.46. The summed E-state index contributed by atoms with van der Waals surface area (Å²) in [7, 11) is 0. The molecule has 0 bridgehead atoms. The Bertz CT molecular complexity index is 1120. The lowest BCUT2D eigenvalue weighted by molar-refractivity contribution is 0.0951. The van der Waals surface area contributed by atoms with Crippen molar-refractivity contribution in [3.05, 3.63) is 89.5 Å². The average Bonchev–Trinajstić information content (AvgIpc) is 3.00. The third-order valence-corrected chi connectivity index (χ3v) is 7.27. The molecule has 0 unspecified atom stereocenters. The van der Waals surface area contributed by atoms with Gasteiger partial charge in [0.1, 0.15) is 0 Å². The van der Waals surface area contributed by atoms with Crippen molar-refractivity contribution in [1.29, 1.82) is 0 Å². The Morgan fingerprint density at radius 1 is 0.903 bits per heavy atom. The van der Waals surface area contributed by atoms with E-state index in [0.29, 0.717) is 18.0 Å². The molecule has 0 saturated heterocycles. The Hall–Kier alpha value is -2.85. The Labute approximate surface area is 188 Å². The molecule has 1 heterocycles. The van der Waals surface area contributed by atoms with E-state index in [4.69, 9.17) is 4.99 Å². The topological polar surface area (TPSA) is 41.5 Å². The molecule has 4 heteroatoms. The van der Waals surface area contributed by atoms with E-state index in [1.807, 2.05) is 48.5 Å². The summed E-state index contributed by atoms with van der Waals surface area (Å²) in [6.07, 6.45) is 6.26. The monoisotopic (exact) mass is 426 g/mol.